The first-order chi connectivity index (χ1) is 14.7. The third-order valence-electron chi connectivity index (χ3n) is 5.21. The lowest BCUT2D eigenvalue weighted by Crippen LogP contribution is -2.40. The number of nitrogens with zero attached hydrogens (tertiary/aromatic N) is 2. The van der Waals surface area contributed by atoms with Crippen LogP contribution in [-0.2, 0) is 27.9 Å². The topological polar surface area (TPSA) is 69.7 Å². The van der Waals surface area contributed by atoms with Crippen molar-refractivity contribution < 1.29 is 13.2 Å². The van der Waals surface area contributed by atoms with Crippen LogP contribution in [-0.4, -0.2) is 45.1 Å². The summed E-state index contributed by atoms with van der Waals surface area (Å²) in [6.07, 6.45) is 4.83. The molecule has 1 N–H and O–H groups in total. The molecule has 1 aliphatic heterocycles. The number of carbonyl (C=O) groups excluding carboxylic acids is 1. The van der Waals surface area contributed by atoms with E-state index in [9.17, 15) is 13.2 Å². The van der Waals surface area contributed by atoms with E-state index in [0.717, 1.165) is 35.8 Å². The number of piperidine rings is 1. The first-order valence-electron chi connectivity index (χ1n) is 10.2. The van der Waals surface area contributed by atoms with E-state index < -0.39 is 15.9 Å². The van der Waals surface area contributed by atoms with Crippen molar-refractivity contribution in [2.75, 3.05) is 30.2 Å². The smallest absolute Gasteiger partial charge is 0.241 e. The normalized spacial score (nSPS) is 14.9. The van der Waals surface area contributed by atoms with E-state index in [1.54, 1.807) is 0 Å². The Morgan fingerprint density at radius 1 is 1.03 bits per heavy atom. The van der Waals surface area contributed by atoms with Gasteiger partial charge in [0, 0.05) is 13.1 Å². The van der Waals surface area contributed by atoms with Crippen molar-refractivity contribution in [2.24, 2.45) is 0 Å². The first-order valence-corrected chi connectivity index (χ1v) is 12.8. The highest BCUT2D eigenvalue weighted by atomic mass is 35.5. The molecule has 0 aromatic heterocycles. The summed E-state index contributed by atoms with van der Waals surface area (Å²) in [4.78, 5) is 15.0. The highest BCUT2D eigenvalue weighted by molar-refractivity contribution is 7.92. The van der Waals surface area contributed by atoms with E-state index in [4.69, 9.17) is 23.2 Å². The van der Waals surface area contributed by atoms with Gasteiger partial charge in [0.05, 0.1) is 22.0 Å². The molecule has 1 fully saturated rings. The molecule has 1 saturated heterocycles. The lowest BCUT2D eigenvalue weighted by molar-refractivity contribution is -0.119. The Morgan fingerprint density at radius 2 is 1.74 bits per heavy atom. The van der Waals surface area contributed by atoms with Crippen LogP contribution in [0.15, 0.2) is 42.5 Å². The van der Waals surface area contributed by atoms with E-state index in [1.807, 2.05) is 12.1 Å². The molecule has 2 aromatic carbocycles. The Hall–Kier alpha value is -1.80. The fourth-order valence-electron chi connectivity index (χ4n) is 3.64. The standard InChI is InChI=1S/C22H27Cl2N3O3S/c1-31(29,30)27(19-8-9-20(23)21(24)13-19)16-22(28)25-14-17-6-5-7-18(12-17)15-26-10-3-2-4-11-26/h5-9,12-13H,2-4,10-11,14-16H2,1H3,(H,25,28). The number of anilines is 1. The lowest BCUT2D eigenvalue weighted by atomic mass is 10.1. The zero-order valence-electron chi connectivity index (χ0n) is 17.5. The Morgan fingerprint density at radius 3 is 2.42 bits per heavy atom. The second kappa shape index (κ2) is 10.7. The van der Waals surface area contributed by atoms with Gasteiger partial charge in [-0.25, -0.2) is 8.42 Å². The molecule has 0 unspecified atom stereocenters. The van der Waals surface area contributed by atoms with Crippen molar-refractivity contribution in [1.29, 1.82) is 0 Å². The largest absolute Gasteiger partial charge is 0.350 e. The summed E-state index contributed by atoms with van der Waals surface area (Å²) in [5.74, 6) is -0.405. The maximum atomic E-state index is 12.5. The van der Waals surface area contributed by atoms with Gasteiger partial charge in [-0.1, -0.05) is 53.9 Å². The number of carbonyl (C=O) groups is 1. The fourth-order valence-corrected chi connectivity index (χ4v) is 4.78. The molecule has 31 heavy (non-hydrogen) atoms. The number of likely N-dealkylation sites (tertiary alicyclic amines) is 1. The fraction of sp³-hybridized carbons (Fsp3) is 0.409. The maximum absolute atomic E-state index is 12.5. The molecule has 1 aliphatic rings. The van der Waals surface area contributed by atoms with Gasteiger partial charge >= 0.3 is 0 Å². The molecule has 9 heteroatoms. The predicted octanol–water partition coefficient (Wildman–Crippen LogP) is 4.06. The first kappa shape index (κ1) is 23.9. The Labute approximate surface area is 194 Å². The third kappa shape index (κ3) is 7.10. The molecule has 6 nitrogen and oxygen atoms in total. The van der Waals surface area contributed by atoms with E-state index in [0.29, 0.717) is 11.6 Å². The summed E-state index contributed by atoms with van der Waals surface area (Å²) in [6.45, 7) is 3.13. The van der Waals surface area contributed by atoms with Crippen LogP contribution in [0.25, 0.3) is 0 Å². The number of rotatable bonds is 8. The van der Waals surface area contributed by atoms with Gasteiger partial charge in [-0.05, 0) is 55.3 Å². The van der Waals surface area contributed by atoms with E-state index in [1.165, 1.54) is 43.0 Å². The van der Waals surface area contributed by atoms with Crippen LogP contribution in [0.2, 0.25) is 10.0 Å². The molecular formula is C22H27Cl2N3O3S. The highest BCUT2D eigenvalue weighted by Gasteiger charge is 2.21. The molecule has 3 rings (SSSR count). The molecule has 0 radical (unpaired) electrons. The molecule has 2 aromatic rings. The van der Waals surface area contributed by atoms with Gasteiger partial charge in [0.2, 0.25) is 15.9 Å². The van der Waals surface area contributed by atoms with Crippen molar-refractivity contribution >= 4 is 44.8 Å². The van der Waals surface area contributed by atoms with Gasteiger partial charge in [-0.15, -0.1) is 0 Å². The van der Waals surface area contributed by atoms with Crippen LogP contribution in [0.3, 0.4) is 0 Å². The molecule has 0 atom stereocenters. The summed E-state index contributed by atoms with van der Waals surface area (Å²) >= 11 is 11.9. The quantitative estimate of drug-likeness (QED) is 0.614. The van der Waals surface area contributed by atoms with Crippen molar-refractivity contribution in [3.63, 3.8) is 0 Å². The van der Waals surface area contributed by atoms with Crippen molar-refractivity contribution in [3.05, 3.63) is 63.6 Å². The zero-order chi connectivity index (χ0) is 22.4. The second-order valence-electron chi connectivity index (χ2n) is 7.80. The molecule has 0 bridgehead atoms. The molecule has 1 amide bonds. The summed E-state index contributed by atoms with van der Waals surface area (Å²) < 4.78 is 25.5. The van der Waals surface area contributed by atoms with Gasteiger partial charge < -0.3 is 5.32 Å². The minimum Gasteiger partial charge on any atom is -0.350 e. The van der Waals surface area contributed by atoms with Gasteiger partial charge in [0.1, 0.15) is 6.54 Å². The van der Waals surface area contributed by atoms with Crippen molar-refractivity contribution in [1.82, 2.24) is 10.2 Å². The molecule has 168 valence electrons. The van der Waals surface area contributed by atoms with Crippen LogP contribution in [0.4, 0.5) is 5.69 Å². The van der Waals surface area contributed by atoms with Gasteiger partial charge in [-0.2, -0.15) is 0 Å². The van der Waals surface area contributed by atoms with Crippen LogP contribution in [0.5, 0.6) is 0 Å². The third-order valence-corrected chi connectivity index (χ3v) is 7.09. The number of hydrogen-bond donors (Lipinski definition) is 1. The summed E-state index contributed by atoms with van der Waals surface area (Å²) in [6, 6.07) is 12.6. The Bertz CT molecular complexity index is 1020. The summed E-state index contributed by atoms with van der Waals surface area (Å²) in [7, 11) is -3.68. The lowest BCUT2D eigenvalue weighted by Gasteiger charge is -2.26. The number of benzene rings is 2. The second-order valence-corrected chi connectivity index (χ2v) is 10.5. The van der Waals surface area contributed by atoms with Crippen LogP contribution >= 0.6 is 23.2 Å². The molecule has 1 heterocycles. The van der Waals surface area contributed by atoms with Crippen LogP contribution in [0.1, 0.15) is 30.4 Å². The molecule has 0 aliphatic carbocycles. The summed E-state index contributed by atoms with van der Waals surface area (Å²) in [5.41, 5.74) is 2.47. The van der Waals surface area contributed by atoms with Crippen molar-refractivity contribution in [2.45, 2.75) is 32.4 Å². The van der Waals surface area contributed by atoms with E-state index in [2.05, 4.69) is 22.3 Å². The van der Waals surface area contributed by atoms with E-state index in [-0.39, 0.29) is 17.3 Å². The van der Waals surface area contributed by atoms with Gasteiger partial charge in [-0.3, -0.25) is 14.0 Å². The highest BCUT2D eigenvalue weighted by Crippen LogP contribution is 2.28. The van der Waals surface area contributed by atoms with Gasteiger partial charge in [0.25, 0.3) is 0 Å². The predicted molar refractivity (Wildman–Crippen MR) is 126 cm³/mol. The molecule has 0 saturated carbocycles. The Balaban J connectivity index is 1.61. The van der Waals surface area contributed by atoms with Gasteiger partial charge in [0.15, 0.2) is 0 Å². The molecule has 0 spiro atoms. The van der Waals surface area contributed by atoms with Crippen LogP contribution < -0.4 is 9.62 Å². The zero-order valence-corrected chi connectivity index (χ0v) is 19.8. The minimum atomic E-state index is -3.68. The van der Waals surface area contributed by atoms with E-state index >= 15 is 0 Å². The number of halogens is 2. The average molecular weight is 484 g/mol. The maximum Gasteiger partial charge on any atom is 0.241 e. The number of amides is 1. The Kier molecular flexibility index (Phi) is 8.22. The number of hydrogen-bond acceptors (Lipinski definition) is 4. The van der Waals surface area contributed by atoms with Crippen molar-refractivity contribution in [3.8, 4) is 0 Å². The number of nitrogens with one attached hydrogen (secondary N) is 1. The minimum absolute atomic E-state index is 0.221. The number of sulfonamides is 1. The SMILES string of the molecule is CS(=O)(=O)N(CC(=O)NCc1cccc(CN2CCCCC2)c1)c1ccc(Cl)c(Cl)c1. The molecular weight excluding hydrogens is 457 g/mol. The monoisotopic (exact) mass is 483 g/mol. The van der Waals surface area contributed by atoms with Crippen LogP contribution in [0, 0.1) is 0 Å². The summed E-state index contributed by atoms with van der Waals surface area (Å²) in [5, 5.41) is 3.34. The average Bonchev–Trinajstić information content (AvgIpc) is 2.73.